The van der Waals surface area contributed by atoms with Crippen molar-refractivity contribution >= 4 is 23.4 Å². The molecule has 1 saturated heterocycles. The van der Waals surface area contributed by atoms with E-state index in [0.29, 0.717) is 24.3 Å². The van der Waals surface area contributed by atoms with Gasteiger partial charge in [0.2, 0.25) is 11.8 Å². The lowest BCUT2D eigenvalue weighted by Crippen LogP contribution is -2.33. The zero-order chi connectivity index (χ0) is 13.3. The average Bonchev–Trinajstić information content (AvgIpc) is 2.79. The summed E-state index contributed by atoms with van der Waals surface area (Å²) in [6.07, 6.45) is 3.60. The first kappa shape index (κ1) is 13.9. The van der Waals surface area contributed by atoms with Gasteiger partial charge in [-0.15, -0.1) is 11.6 Å². The molecule has 2 fully saturated rings. The maximum Gasteiger partial charge on any atom is 0.233 e. The molecule has 1 aliphatic heterocycles. The van der Waals surface area contributed by atoms with Crippen LogP contribution in [0.3, 0.4) is 0 Å². The molecule has 2 aliphatic rings. The summed E-state index contributed by atoms with van der Waals surface area (Å²) < 4.78 is 0. The molecule has 3 unspecified atom stereocenters. The first-order valence-corrected chi connectivity index (χ1v) is 7.49. The number of alkyl halides is 1. The van der Waals surface area contributed by atoms with Gasteiger partial charge in [0.05, 0.1) is 11.8 Å². The Kier molecular flexibility index (Phi) is 4.31. The van der Waals surface area contributed by atoms with Crippen molar-refractivity contribution in [3.05, 3.63) is 0 Å². The Balaban J connectivity index is 1.91. The smallest absolute Gasteiger partial charge is 0.233 e. The van der Waals surface area contributed by atoms with E-state index in [-0.39, 0.29) is 23.7 Å². The first-order valence-electron chi connectivity index (χ1n) is 6.95. The Labute approximate surface area is 114 Å². The zero-order valence-electron chi connectivity index (χ0n) is 11.2. The molecule has 3 nitrogen and oxygen atoms in total. The van der Waals surface area contributed by atoms with E-state index in [9.17, 15) is 9.59 Å². The predicted molar refractivity (Wildman–Crippen MR) is 71.2 cm³/mol. The molecule has 0 aromatic rings. The molecule has 1 heterocycles. The third-order valence-electron chi connectivity index (χ3n) is 4.41. The van der Waals surface area contributed by atoms with Gasteiger partial charge in [-0.25, -0.2) is 0 Å². The number of halogens is 1. The van der Waals surface area contributed by atoms with Crippen LogP contribution in [-0.4, -0.2) is 29.1 Å². The van der Waals surface area contributed by atoms with Crippen LogP contribution < -0.4 is 0 Å². The SMILES string of the molecule is CC(CCCl)CCN1C(=O)C2CC(C)CC2C1=O. The van der Waals surface area contributed by atoms with Crippen LogP contribution in [0, 0.1) is 23.7 Å². The second-order valence-electron chi connectivity index (χ2n) is 5.99. The molecule has 2 amide bonds. The summed E-state index contributed by atoms with van der Waals surface area (Å²) in [5.41, 5.74) is 0. The number of hydrogen-bond donors (Lipinski definition) is 0. The van der Waals surface area contributed by atoms with Gasteiger partial charge in [-0.1, -0.05) is 13.8 Å². The minimum Gasteiger partial charge on any atom is -0.282 e. The molecule has 0 spiro atoms. The maximum atomic E-state index is 12.2. The van der Waals surface area contributed by atoms with Gasteiger partial charge in [-0.05, 0) is 37.5 Å². The van der Waals surface area contributed by atoms with Gasteiger partial charge in [-0.2, -0.15) is 0 Å². The molecule has 1 aliphatic carbocycles. The standard InChI is InChI=1S/C14H22ClNO2/c1-9(3-5-15)4-6-16-13(17)11-7-10(2)8-12(11)14(16)18/h9-12H,3-8H2,1-2H3. The molecule has 0 radical (unpaired) electrons. The number of carbonyl (C=O) groups is 2. The summed E-state index contributed by atoms with van der Waals surface area (Å²) in [5.74, 6) is 1.76. The molecule has 0 N–H and O–H groups in total. The summed E-state index contributed by atoms with van der Waals surface area (Å²) in [7, 11) is 0. The molecule has 0 aromatic carbocycles. The fourth-order valence-electron chi connectivity index (χ4n) is 3.25. The molecule has 0 bridgehead atoms. The minimum absolute atomic E-state index is 0.0177. The monoisotopic (exact) mass is 271 g/mol. The Hall–Kier alpha value is -0.570. The Morgan fingerprint density at radius 3 is 2.28 bits per heavy atom. The Bertz CT molecular complexity index is 321. The topological polar surface area (TPSA) is 37.4 Å². The van der Waals surface area contributed by atoms with E-state index in [2.05, 4.69) is 13.8 Å². The van der Waals surface area contributed by atoms with E-state index in [4.69, 9.17) is 11.6 Å². The van der Waals surface area contributed by atoms with E-state index < -0.39 is 0 Å². The molecule has 102 valence electrons. The molecule has 1 saturated carbocycles. The van der Waals surface area contributed by atoms with Crippen molar-refractivity contribution in [1.29, 1.82) is 0 Å². The van der Waals surface area contributed by atoms with Crippen molar-refractivity contribution in [3.63, 3.8) is 0 Å². The third-order valence-corrected chi connectivity index (χ3v) is 4.63. The van der Waals surface area contributed by atoms with Gasteiger partial charge in [0, 0.05) is 12.4 Å². The first-order chi connectivity index (χ1) is 8.54. The second kappa shape index (κ2) is 5.60. The number of amides is 2. The van der Waals surface area contributed by atoms with Gasteiger partial charge in [0.25, 0.3) is 0 Å². The summed E-state index contributed by atoms with van der Waals surface area (Å²) in [6.45, 7) is 4.83. The predicted octanol–water partition coefficient (Wildman–Crippen LogP) is 2.67. The van der Waals surface area contributed by atoms with Gasteiger partial charge in [0.15, 0.2) is 0 Å². The molecule has 3 atom stereocenters. The van der Waals surface area contributed by atoms with Crippen LogP contribution in [0.5, 0.6) is 0 Å². The quantitative estimate of drug-likeness (QED) is 0.569. The number of likely N-dealkylation sites (tertiary alicyclic amines) is 1. The maximum absolute atomic E-state index is 12.2. The highest BCUT2D eigenvalue weighted by atomic mass is 35.5. The van der Waals surface area contributed by atoms with Gasteiger partial charge < -0.3 is 0 Å². The van der Waals surface area contributed by atoms with Gasteiger partial charge >= 0.3 is 0 Å². The fourth-order valence-corrected chi connectivity index (χ4v) is 3.62. The van der Waals surface area contributed by atoms with Crippen LogP contribution in [-0.2, 0) is 9.59 Å². The van der Waals surface area contributed by atoms with E-state index in [0.717, 1.165) is 25.7 Å². The van der Waals surface area contributed by atoms with Crippen molar-refractivity contribution in [2.75, 3.05) is 12.4 Å². The van der Waals surface area contributed by atoms with Crippen LogP contribution in [0.15, 0.2) is 0 Å². The number of carbonyl (C=O) groups excluding carboxylic acids is 2. The van der Waals surface area contributed by atoms with Gasteiger partial charge in [-0.3, -0.25) is 14.5 Å². The highest BCUT2D eigenvalue weighted by Gasteiger charge is 2.51. The van der Waals surface area contributed by atoms with Crippen LogP contribution in [0.1, 0.15) is 39.5 Å². The van der Waals surface area contributed by atoms with Crippen LogP contribution in [0.4, 0.5) is 0 Å². The number of rotatable bonds is 5. The van der Waals surface area contributed by atoms with E-state index in [1.807, 2.05) is 0 Å². The minimum atomic E-state index is -0.0177. The molecular weight excluding hydrogens is 250 g/mol. The molecule has 18 heavy (non-hydrogen) atoms. The fraction of sp³-hybridized carbons (Fsp3) is 0.857. The van der Waals surface area contributed by atoms with Crippen LogP contribution in [0.25, 0.3) is 0 Å². The Morgan fingerprint density at radius 2 is 1.78 bits per heavy atom. The number of fused-ring (bicyclic) bond motifs is 1. The largest absolute Gasteiger partial charge is 0.282 e. The van der Waals surface area contributed by atoms with Gasteiger partial charge in [0.1, 0.15) is 0 Å². The average molecular weight is 272 g/mol. The molecule has 4 heteroatoms. The molecule has 2 rings (SSSR count). The van der Waals surface area contributed by atoms with Crippen LogP contribution >= 0.6 is 11.6 Å². The molecule has 0 aromatic heterocycles. The van der Waals surface area contributed by atoms with Crippen molar-refractivity contribution in [2.45, 2.75) is 39.5 Å². The van der Waals surface area contributed by atoms with Crippen LogP contribution in [0.2, 0.25) is 0 Å². The third kappa shape index (κ3) is 2.56. The highest BCUT2D eigenvalue weighted by Crippen LogP contribution is 2.42. The summed E-state index contributed by atoms with van der Waals surface area (Å²) >= 11 is 5.70. The lowest BCUT2D eigenvalue weighted by Gasteiger charge is -2.19. The number of imide groups is 1. The van der Waals surface area contributed by atoms with Crippen molar-refractivity contribution in [1.82, 2.24) is 4.90 Å². The van der Waals surface area contributed by atoms with Crippen molar-refractivity contribution < 1.29 is 9.59 Å². The summed E-state index contributed by atoms with van der Waals surface area (Å²) in [5, 5.41) is 0. The normalized spacial score (nSPS) is 33.1. The summed E-state index contributed by atoms with van der Waals surface area (Å²) in [4.78, 5) is 25.9. The summed E-state index contributed by atoms with van der Waals surface area (Å²) in [6, 6.07) is 0. The number of hydrogen-bond acceptors (Lipinski definition) is 2. The van der Waals surface area contributed by atoms with E-state index >= 15 is 0 Å². The highest BCUT2D eigenvalue weighted by molar-refractivity contribution is 6.17. The lowest BCUT2D eigenvalue weighted by atomic mass is 10.00. The zero-order valence-corrected chi connectivity index (χ0v) is 11.9. The van der Waals surface area contributed by atoms with E-state index in [1.54, 1.807) is 0 Å². The second-order valence-corrected chi connectivity index (χ2v) is 6.37. The van der Waals surface area contributed by atoms with Crippen molar-refractivity contribution in [2.24, 2.45) is 23.7 Å². The number of nitrogens with zero attached hydrogens (tertiary/aromatic N) is 1. The van der Waals surface area contributed by atoms with E-state index in [1.165, 1.54) is 4.90 Å². The Morgan fingerprint density at radius 1 is 1.22 bits per heavy atom. The molecular formula is C14H22ClNO2. The lowest BCUT2D eigenvalue weighted by molar-refractivity contribution is -0.140. The van der Waals surface area contributed by atoms with Crippen molar-refractivity contribution in [3.8, 4) is 0 Å².